The number of halogens is 2. The van der Waals surface area contributed by atoms with Crippen molar-refractivity contribution in [1.29, 1.82) is 0 Å². The number of carbonyl (C=O) groups excluding carboxylic acids is 1. The van der Waals surface area contributed by atoms with E-state index in [0.717, 1.165) is 0 Å². The van der Waals surface area contributed by atoms with Gasteiger partial charge in [-0.25, -0.2) is 8.42 Å². The molecule has 2 rings (SSSR count). The first-order valence-corrected chi connectivity index (χ1v) is 8.39. The zero-order valence-corrected chi connectivity index (χ0v) is 12.4. The molecule has 1 amide bonds. The van der Waals surface area contributed by atoms with Crippen LogP contribution in [-0.2, 0) is 14.6 Å². The first-order chi connectivity index (χ1) is 8.85. The van der Waals surface area contributed by atoms with Crippen LogP contribution in [0, 0.1) is 5.92 Å². The highest BCUT2D eigenvalue weighted by atomic mass is 35.5. The number of hydrogen-bond donors (Lipinski definition) is 1. The van der Waals surface area contributed by atoms with Gasteiger partial charge in [-0.3, -0.25) is 4.79 Å². The van der Waals surface area contributed by atoms with Crippen molar-refractivity contribution in [2.75, 3.05) is 16.8 Å². The van der Waals surface area contributed by atoms with Crippen molar-refractivity contribution in [2.45, 2.75) is 12.8 Å². The average Bonchev–Trinajstić information content (AvgIpc) is 2.63. The number of sulfone groups is 1. The number of amides is 1. The summed E-state index contributed by atoms with van der Waals surface area (Å²) >= 11 is 11.8. The summed E-state index contributed by atoms with van der Waals surface area (Å²) in [6, 6.07) is 4.79. The first kappa shape index (κ1) is 14.6. The number of nitrogens with one attached hydrogen (secondary N) is 1. The summed E-state index contributed by atoms with van der Waals surface area (Å²) in [7, 11) is -2.96. The van der Waals surface area contributed by atoms with E-state index < -0.39 is 9.84 Å². The molecule has 1 aliphatic rings. The lowest BCUT2D eigenvalue weighted by molar-refractivity contribution is -0.116. The van der Waals surface area contributed by atoms with Gasteiger partial charge in [0.25, 0.3) is 0 Å². The van der Waals surface area contributed by atoms with Crippen molar-refractivity contribution < 1.29 is 13.2 Å². The Morgan fingerprint density at radius 2 is 2.11 bits per heavy atom. The van der Waals surface area contributed by atoms with Crippen LogP contribution in [0.4, 0.5) is 5.69 Å². The van der Waals surface area contributed by atoms with Gasteiger partial charge in [0.05, 0.1) is 22.2 Å². The van der Waals surface area contributed by atoms with Gasteiger partial charge < -0.3 is 5.32 Å². The van der Waals surface area contributed by atoms with E-state index in [-0.39, 0.29) is 29.8 Å². The van der Waals surface area contributed by atoms with E-state index in [0.29, 0.717) is 22.2 Å². The van der Waals surface area contributed by atoms with Crippen molar-refractivity contribution in [1.82, 2.24) is 0 Å². The molecule has 0 spiro atoms. The summed E-state index contributed by atoms with van der Waals surface area (Å²) in [6.07, 6.45) is 0.723. The molecule has 1 N–H and O–H groups in total. The van der Waals surface area contributed by atoms with Crippen LogP contribution in [0.2, 0.25) is 10.0 Å². The molecular weight excluding hydrogens is 309 g/mol. The van der Waals surface area contributed by atoms with E-state index in [4.69, 9.17) is 23.2 Å². The third kappa shape index (κ3) is 4.09. The molecular formula is C12H13Cl2NO3S. The van der Waals surface area contributed by atoms with E-state index in [1.807, 2.05) is 0 Å². The van der Waals surface area contributed by atoms with Gasteiger partial charge >= 0.3 is 0 Å². The summed E-state index contributed by atoms with van der Waals surface area (Å²) in [5.74, 6) is -0.0961. The van der Waals surface area contributed by atoms with Crippen molar-refractivity contribution in [3.63, 3.8) is 0 Å². The van der Waals surface area contributed by atoms with Crippen molar-refractivity contribution >= 4 is 44.6 Å². The zero-order chi connectivity index (χ0) is 14.0. The maximum Gasteiger partial charge on any atom is 0.224 e. The molecule has 19 heavy (non-hydrogen) atoms. The van der Waals surface area contributed by atoms with Gasteiger partial charge in [-0.05, 0) is 30.5 Å². The maximum atomic E-state index is 11.8. The molecule has 1 aromatic carbocycles. The van der Waals surface area contributed by atoms with E-state index in [1.54, 1.807) is 18.2 Å². The predicted molar refractivity (Wildman–Crippen MR) is 76.5 cm³/mol. The second-order valence-electron chi connectivity index (χ2n) is 4.65. The Kier molecular flexibility index (Phi) is 4.38. The Hall–Kier alpha value is -0.780. The van der Waals surface area contributed by atoms with E-state index >= 15 is 0 Å². The fourth-order valence-corrected chi connectivity index (χ4v) is 4.29. The molecule has 0 aliphatic carbocycles. The van der Waals surface area contributed by atoms with Crippen LogP contribution in [-0.4, -0.2) is 25.8 Å². The fourth-order valence-electron chi connectivity index (χ4n) is 2.09. The molecule has 0 radical (unpaired) electrons. The molecule has 0 saturated carbocycles. The molecule has 1 aliphatic heterocycles. The summed E-state index contributed by atoms with van der Waals surface area (Å²) in [4.78, 5) is 11.8. The summed E-state index contributed by atoms with van der Waals surface area (Å²) < 4.78 is 22.6. The van der Waals surface area contributed by atoms with Crippen molar-refractivity contribution in [3.05, 3.63) is 28.2 Å². The molecule has 0 aromatic heterocycles. The quantitative estimate of drug-likeness (QED) is 0.931. The number of rotatable bonds is 3. The van der Waals surface area contributed by atoms with Crippen LogP contribution in [0.25, 0.3) is 0 Å². The van der Waals surface area contributed by atoms with Crippen LogP contribution >= 0.6 is 23.2 Å². The topological polar surface area (TPSA) is 63.2 Å². The number of carbonyl (C=O) groups is 1. The molecule has 0 unspecified atom stereocenters. The second kappa shape index (κ2) is 5.69. The minimum absolute atomic E-state index is 0.0870. The standard InChI is InChI=1S/C12H13Cl2NO3S/c13-9-1-2-10(14)11(6-9)15-12(16)5-8-3-4-19(17,18)7-8/h1-2,6,8H,3-5,7H2,(H,15,16)/t8-/m0/s1. The summed E-state index contributed by atoms with van der Waals surface area (Å²) in [5.41, 5.74) is 0.444. The Bertz CT molecular complexity index is 601. The SMILES string of the molecule is O=C(C[C@@H]1CCS(=O)(=O)C1)Nc1cc(Cl)ccc1Cl. The average molecular weight is 322 g/mol. The molecule has 1 aromatic rings. The Morgan fingerprint density at radius 1 is 1.37 bits per heavy atom. The summed E-state index contributed by atoms with van der Waals surface area (Å²) in [6.45, 7) is 0. The van der Waals surface area contributed by atoms with Crippen molar-refractivity contribution in [3.8, 4) is 0 Å². The zero-order valence-electron chi connectivity index (χ0n) is 10.0. The lowest BCUT2D eigenvalue weighted by atomic mass is 10.1. The van der Waals surface area contributed by atoms with Gasteiger partial charge in [0, 0.05) is 11.4 Å². The molecule has 1 heterocycles. The third-order valence-electron chi connectivity index (χ3n) is 3.00. The lowest BCUT2D eigenvalue weighted by Gasteiger charge is -2.10. The van der Waals surface area contributed by atoms with Crippen LogP contribution < -0.4 is 5.32 Å². The van der Waals surface area contributed by atoms with E-state index in [2.05, 4.69) is 5.32 Å². The molecule has 104 valence electrons. The monoisotopic (exact) mass is 321 g/mol. The molecule has 0 bridgehead atoms. The highest BCUT2D eigenvalue weighted by Crippen LogP contribution is 2.27. The Balaban J connectivity index is 1.97. The van der Waals surface area contributed by atoms with Gasteiger partial charge in [-0.1, -0.05) is 23.2 Å². The Labute approximate surface area is 122 Å². The smallest absolute Gasteiger partial charge is 0.224 e. The second-order valence-corrected chi connectivity index (χ2v) is 7.72. The minimum Gasteiger partial charge on any atom is -0.325 e. The van der Waals surface area contributed by atoms with Gasteiger partial charge in [0.1, 0.15) is 0 Å². The number of anilines is 1. The molecule has 4 nitrogen and oxygen atoms in total. The Morgan fingerprint density at radius 3 is 2.74 bits per heavy atom. The van der Waals surface area contributed by atoms with E-state index in [9.17, 15) is 13.2 Å². The van der Waals surface area contributed by atoms with Gasteiger partial charge in [0.2, 0.25) is 5.91 Å². The maximum absolute atomic E-state index is 11.8. The minimum atomic E-state index is -2.96. The first-order valence-electron chi connectivity index (χ1n) is 5.81. The fraction of sp³-hybridized carbons (Fsp3) is 0.417. The van der Waals surface area contributed by atoms with Gasteiger partial charge in [-0.2, -0.15) is 0 Å². The van der Waals surface area contributed by atoms with Crippen LogP contribution in [0.5, 0.6) is 0 Å². The predicted octanol–water partition coefficient (Wildman–Crippen LogP) is 2.76. The summed E-state index contributed by atoms with van der Waals surface area (Å²) in [5, 5.41) is 3.53. The van der Waals surface area contributed by atoms with Crippen LogP contribution in [0.15, 0.2) is 18.2 Å². The molecule has 1 fully saturated rings. The van der Waals surface area contributed by atoms with Crippen LogP contribution in [0.1, 0.15) is 12.8 Å². The largest absolute Gasteiger partial charge is 0.325 e. The van der Waals surface area contributed by atoms with Gasteiger partial charge in [-0.15, -0.1) is 0 Å². The van der Waals surface area contributed by atoms with Gasteiger partial charge in [0.15, 0.2) is 9.84 Å². The number of hydrogen-bond acceptors (Lipinski definition) is 3. The highest BCUT2D eigenvalue weighted by Gasteiger charge is 2.29. The lowest BCUT2D eigenvalue weighted by Crippen LogP contribution is -2.17. The molecule has 1 atom stereocenters. The highest BCUT2D eigenvalue weighted by molar-refractivity contribution is 7.91. The third-order valence-corrected chi connectivity index (χ3v) is 5.40. The number of benzene rings is 1. The van der Waals surface area contributed by atoms with Crippen LogP contribution in [0.3, 0.4) is 0 Å². The normalized spacial score (nSPS) is 21.3. The molecule has 1 saturated heterocycles. The van der Waals surface area contributed by atoms with E-state index in [1.165, 1.54) is 0 Å². The van der Waals surface area contributed by atoms with Crippen molar-refractivity contribution in [2.24, 2.45) is 5.92 Å². The molecule has 7 heteroatoms.